The number of ether oxygens (including phenoxy) is 1. The predicted octanol–water partition coefficient (Wildman–Crippen LogP) is 4.02. The van der Waals surface area contributed by atoms with E-state index in [9.17, 15) is 9.59 Å². The largest absolute Gasteiger partial charge is 0.452 e. The number of esters is 1. The molecule has 0 heterocycles. The Morgan fingerprint density at radius 1 is 0.889 bits per heavy atom. The first-order valence-corrected chi connectivity index (χ1v) is 8.28. The predicted molar refractivity (Wildman–Crippen MR) is 102 cm³/mol. The molecule has 3 aromatic carbocycles. The minimum absolute atomic E-state index is 0.231. The summed E-state index contributed by atoms with van der Waals surface area (Å²) in [6.07, 6.45) is 0. The number of carbonyl (C=O) groups excluding carboxylic acids is 2. The molecule has 0 atom stereocenters. The van der Waals surface area contributed by atoms with E-state index in [1.807, 2.05) is 48.5 Å². The number of hydrogen-bond donors (Lipinski definition) is 1. The lowest BCUT2D eigenvalue weighted by Gasteiger charge is -2.08. The van der Waals surface area contributed by atoms with E-state index in [0.29, 0.717) is 11.3 Å². The van der Waals surface area contributed by atoms with Crippen molar-refractivity contribution in [2.24, 2.45) is 0 Å². The Labute approximate surface area is 156 Å². The summed E-state index contributed by atoms with van der Waals surface area (Å²) in [6, 6.07) is 25.4. The Morgan fingerprint density at radius 2 is 1.59 bits per heavy atom. The van der Waals surface area contributed by atoms with Crippen molar-refractivity contribution in [3.63, 3.8) is 0 Å². The van der Waals surface area contributed by atoms with Crippen LogP contribution in [0.25, 0.3) is 11.1 Å². The second-order valence-corrected chi connectivity index (χ2v) is 5.76. The van der Waals surface area contributed by atoms with Crippen molar-refractivity contribution in [3.05, 3.63) is 90.0 Å². The minimum Gasteiger partial charge on any atom is -0.452 e. The monoisotopic (exact) mass is 356 g/mol. The van der Waals surface area contributed by atoms with Crippen LogP contribution in [0.15, 0.2) is 78.9 Å². The molecule has 5 heteroatoms. The van der Waals surface area contributed by atoms with Gasteiger partial charge in [0, 0.05) is 5.69 Å². The highest BCUT2D eigenvalue weighted by molar-refractivity contribution is 5.95. The van der Waals surface area contributed by atoms with Crippen molar-refractivity contribution >= 4 is 17.6 Å². The summed E-state index contributed by atoms with van der Waals surface area (Å²) in [5.41, 5.74) is 3.32. The third kappa shape index (κ3) is 4.80. The molecule has 0 unspecified atom stereocenters. The maximum atomic E-state index is 12.0. The lowest BCUT2D eigenvalue weighted by atomic mass is 10.1. The molecule has 27 heavy (non-hydrogen) atoms. The summed E-state index contributed by atoms with van der Waals surface area (Å²) in [5, 5.41) is 11.5. The van der Waals surface area contributed by atoms with E-state index >= 15 is 0 Å². The summed E-state index contributed by atoms with van der Waals surface area (Å²) < 4.78 is 4.99. The lowest BCUT2D eigenvalue weighted by molar-refractivity contribution is -0.119. The van der Waals surface area contributed by atoms with Gasteiger partial charge in [-0.15, -0.1) is 0 Å². The van der Waals surface area contributed by atoms with Crippen molar-refractivity contribution in [1.29, 1.82) is 5.26 Å². The SMILES string of the molecule is N#Cc1cccc(C(=O)OCC(=O)Nc2ccc(-c3ccccc3)cc2)c1. The second-order valence-electron chi connectivity index (χ2n) is 5.76. The third-order valence-electron chi connectivity index (χ3n) is 3.84. The summed E-state index contributed by atoms with van der Waals surface area (Å²) in [6.45, 7) is -0.407. The number of nitriles is 1. The molecule has 1 amide bonds. The summed E-state index contributed by atoms with van der Waals surface area (Å²) in [5.74, 6) is -1.09. The zero-order chi connectivity index (χ0) is 19.1. The molecule has 0 saturated heterocycles. The van der Waals surface area contributed by atoms with Crippen LogP contribution in [0.3, 0.4) is 0 Å². The highest BCUT2D eigenvalue weighted by Gasteiger charge is 2.11. The van der Waals surface area contributed by atoms with Crippen molar-refractivity contribution < 1.29 is 14.3 Å². The van der Waals surface area contributed by atoms with Gasteiger partial charge in [0.05, 0.1) is 17.2 Å². The number of benzene rings is 3. The molecule has 0 fully saturated rings. The van der Waals surface area contributed by atoms with E-state index in [4.69, 9.17) is 10.00 Å². The van der Waals surface area contributed by atoms with E-state index in [0.717, 1.165) is 11.1 Å². The van der Waals surface area contributed by atoms with E-state index in [1.54, 1.807) is 24.3 Å². The van der Waals surface area contributed by atoms with Gasteiger partial charge >= 0.3 is 5.97 Å². The normalized spacial score (nSPS) is 9.89. The van der Waals surface area contributed by atoms with Crippen molar-refractivity contribution in [3.8, 4) is 17.2 Å². The van der Waals surface area contributed by atoms with Crippen LogP contribution in [0.4, 0.5) is 5.69 Å². The average Bonchev–Trinajstić information content (AvgIpc) is 2.73. The average molecular weight is 356 g/mol. The van der Waals surface area contributed by atoms with Gasteiger partial charge in [-0.25, -0.2) is 4.79 Å². The van der Waals surface area contributed by atoms with E-state index in [1.165, 1.54) is 12.1 Å². The third-order valence-corrected chi connectivity index (χ3v) is 3.84. The second kappa shape index (κ2) is 8.45. The van der Waals surface area contributed by atoms with E-state index in [2.05, 4.69) is 5.32 Å². The Bertz CT molecular complexity index is 990. The number of hydrogen-bond acceptors (Lipinski definition) is 4. The van der Waals surface area contributed by atoms with Crippen LogP contribution in [-0.4, -0.2) is 18.5 Å². The minimum atomic E-state index is -0.651. The molecule has 3 aromatic rings. The van der Waals surface area contributed by atoms with Crippen molar-refractivity contribution in [2.75, 3.05) is 11.9 Å². The smallest absolute Gasteiger partial charge is 0.338 e. The fraction of sp³-hybridized carbons (Fsp3) is 0.0455. The van der Waals surface area contributed by atoms with Crippen LogP contribution >= 0.6 is 0 Å². The maximum absolute atomic E-state index is 12.0. The number of carbonyl (C=O) groups is 2. The molecule has 0 radical (unpaired) electrons. The first-order valence-electron chi connectivity index (χ1n) is 8.28. The standard InChI is InChI=1S/C22H16N2O3/c23-14-16-5-4-8-19(13-16)22(26)27-15-21(25)24-20-11-9-18(10-12-20)17-6-2-1-3-7-17/h1-13H,15H2,(H,24,25). The molecular formula is C22H16N2O3. The van der Waals surface area contributed by atoms with Gasteiger partial charge in [0.2, 0.25) is 0 Å². The summed E-state index contributed by atoms with van der Waals surface area (Å²) >= 11 is 0. The molecule has 132 valence electrons. The van der Waals surface area contributed by atoms with Crippen molar-refractivity contribution in [2.45, 2.75) is 0 Å². The Morgan fingerprint density at radius 3 is 2.30 bits per heavy atom. The molecule has 0 aliphatic rings. The molecule has 0 saturated carbocycles. The van der Waals surface area contributed by atoms with Gasteiger partial charge in [-0.1, -0.05) is 48.5 Å². The van der Waals surface area contributed by atoms with Gasteiger partial charge < -0.3 is 10.1 Å². The highest BCUT2D eigenvalue weighted by Crippen LogP contribution is 2.20. The molecule has 3 rings (SSSR count). The summed E-state index contributed by atoms with van der Waals surface area (Å²) in [4.78, 5) is 23.9. The zero-order valence-electron chi connectivity index (χ0n) is 14.4. The fourth-order valence-electron chi connectivity index (χ4n) is 2.50. The topological polar surface area (TPSA) is 79.2 Å². The molecule has 0 aliphatic carbocycles. The molecule has 1 N–H and O–H groups in total. The Kier molecular flexibility index (Phi) is 5.60. The van der Waals surface area contributed by atoms with Crippen LogP contribution in [-0.2, 0) is 9.53 Å². The van der Waals surface area contributed by atoms with Crippen LogP contribution in [0.2, 0.25) is 0 Å². The molecule has 0 bridgehead atoms. The van der Waals surface area contributed by atoms with Crippen LogP contribution in [0.5, 0.6) is 0 Å². The number of rotatable bonds is 5. The molecule has 0 aliphatic heterocycles. The van der Waals surface area contributed by atoms with Crippen molar-refractivity contribution in [1.82, 2.24) is 0 Å². The van der Waals surface area contributed by atoms with Crippen LogP contribution < -0.4 is 5.32 Å². The number of amides is 1. The molecule has 0 spiro atoms. The fourth-order valence-corrected chi connectivity index (χ4v) is 2.50. The van der Waals surface area contributed by atoms with Gasteiger partial charge in [0.25, 0.3) is 5.91 Å². The Hall–Kier alpha value is -3.91. The first-order chi connectivity index (χ1) is 13.2. The van der Waals surface area contributed by atoms with Gasteiger partial charge in [-0.05, 0) is 41.5 Å². The van der Waals surface area contributed by atoms with E-state index < -0.39 is 18.5 Å². The zero-order valence-corrected chi connectivity index (χ0v) is 14.4. The summed E-state index contributed by atoms with van der Waals surface area (Å²) in [7, 11) is 0. The van der Waals surface area contributed by atoms with Gasteiger partial charge in [-0.3, -0.25) is 4.79 Å². The Balaban J connectivity index is 1.55. The van der Waals surface area contributed by atoms with Crippen LogP contribution in [0.1, 0.15) is 15.9 Å². The van der Waals surface area contributed by atoms with Gasteiger partial charge in [0.1, 0.15) is 0 Å². The number of nitrogens with zero attached hydrogens (tertiary/aromatic N) is 1. The van der Waals surface area contributed by atoms with Crippen LogP contribution in [0, 0.1) is 11.3 Å². The van der Waals surface area contributed by atoms with Gasteiger partial charge in [0.15, 0.2) is 6.61 Å². The van der Waals surface area contributed by atoms with E-state index in [-0.39, 0.29) is 5.56 Å². The maximum Gasteiger partial charge on any atom is 0.338 e. The molecule has 5 nitrogen and oxygen atoms in total. The van der Waals surface area contributed by atoms with Gasteiger partial charge in [-0.2, -0.15) is 5.26 Å². The lowest BCUT2D eigenvalue weighted by Crippen LogP contribution is -2.20. The quantitative estimate of drug-likeness (QED) is 0.700. The first kappa shape index (κ1) is 17.9. The number of nitrogens with one attached hydrogen (secondary N) is 1. The highest BCUT2D eigenvalue weighted by atomic mass is 16.5. The molecular weight excluding hydrogens is 340 g/mol. The number of anilines is 1. The molecule has 0 aromatic heterocycles.